The van der Waals surface area contributed by atoms with Crippen molar-refractivity contribution in [1.29, 1.82) is 0 Å². The highest BCUT2D eigenvalue weighted by atomic mass is 35.5. The minimum absolute atomic E-state index is 0.0771. The van der Waals surface area contributed by atoms with E-state index >= 15 is 0 Å². The predicted molar refractivity (Wildman–Crippen MR) is 75.4 cm³/mol. The Morgan fingerprint density at radius 2 is 2.05 bits per heavy atom. The van der Waals surface area contributed by atoms with Gasteiger partial charge in [0.25, 0.3) is 0 Å². The second kappa shape index (κ2) is 8.08. The summed E-state index contributed by atoms with van der Waals surface area (Å²) >= 11 is 5.71. The summed E-state index contributed by atoms with van der Waals surface area (Å²) in [4.78, 5) is 32.8. The molecule has 0 aliphatic heterocycles. The van der Waals surface area contributed by atoms with Crippen molar-refractivity contribution in [3.63, 3.8) is 0 Å². The SMILES string of the molecule is NC(=O)COCCNC(=O)Nc1ccc(Cl)c(C(=O)O)c1. The summed E-state index contributed by atoms with van der Waals surface area (Å²) in [5, 5.41) is 13.9. The van der Waals surface area contributed by atoms with Crippen LogP contribution in [0.4, 0.5) is 10.5 Å². The summed E-state index contributed by atoms with van der Waals surface area (Å²) < 4.78 is 4.85. The number of primary amides is 1. The highest BCUT2D eigenvalue weighted by Gasteiger charge is 2.10. The van der Waals surface area contributed by atoms with E-state index in [-0.39, 0.29) is 36.0 Å². The maximum atomic E-state index is 11.5. The molecule has 0 saturated heterocycles. The number of hydrogen-bond donors (Lipinski definition) is 4. The quantitative estimate of drug-likeness (QED) is 0.549. The van der Waals surface area contributed by atoms with E-state index in [1.165, 1.54) is 18.2 Å². The zero-order valence-corrected chi connectivity index (χ0v) is 11.6. The van der Waals surface area contributed by atoms with Gasteiger partial charge in [0.15, 0.2) is 0 Å². The van der Waals surface area contributed by atoms with Crippen molar-refractivity contribution in [2.45, 2.75) is 0 Å². The molecule has 0 aliphatic carbocycles. The van der Waals surface area contributed by atoms with E-state index in [1.807, 2.05) is 0 Å². The van der Waals surface area contributed by atoms with Crippen molar-refractivity contribution in [3.8, 4) is 0 Å². The smallest absolute Gasteiger partial charge is 0.337 e. The van der Waals surface area contributed by atoms with Crippen molar-refractivity contribution in [2.75, 3.05) is 25.1 Å². The molecule has 1 aromatic rings. The van der Waals surface area contributed by atoms with Crippen LogP contribution in [-0.4, -0.2) is 42.8 Å². The number of urea groups is 1. The number of carbonyl (C=O) groups excluding carboxylic acids is 2. The predicted octanol–water partition coefficient (Wildman–Crippen LogP) is 0.662. The average molecular weight is 316 g/mol. The summed E-state index contributed by atoms with van der Waals surface area (Å²) in [6.07, 6.45) is 0. The average Bonchev–Trinajstić information content (AvgIpc) is 2.40. The van der Waals surface area contributed by atoms with Crippen molar-refractivity contribution < 1.29 is 24.2 Å². The number of rotatable bonds is 7. The molecule has 9 heteroatoms. The van der Waals surface area contributed by atoms with Gasteiger partial charge in [-0.15, -0.1) is 0 Å². The lowest BCUT2D eigenvalue weighted by Gasteiger charge is -2.09. The number of anilines is 1. The fourth-order valence-electron chi connectivity index (χ4n) is 1.35. The molecule has 0 bridgehead atoms. The van der Waals surface area contributed by atoms with E-state index in [2.05, 4.69) is 10.6 Å². The molecule has 3 amide bonds. The molecule has 8 nitrogen and oxygen atoms in total. The van der Waals surface area contributed by atoms with E-state index < -0.39 is 17.9 Å². The van der Waals surface area contributed by atoms with E-state index in [1.54, 1.807) is 0 Å². The molecule has 0 radical (unpaired) electrons. The molecule has 1 rings (SSSR count). The number of carboxylic acids is 1. The van der Waals surface area contributed by atoms with Crippen molar-refractivity contribution in [2.24, 2.45) is 5.73 Å². The number of carbonyl (C=O) groups is 3. The van der Waals surface area contributed by atoms with E-state index in [9.17, 15) is 14.4 Å². The highest BCUT2D eigenvalue weighted by molar-refractivity contribution is 6.33. The van der Waals surface area contributed by atoms with Crippen LogP contribution in [0.25, 0.3) is 0 Å². The van der Waals surface area contributed by atoms with Crippen LogP contribution in [0.1, 0.15) is 10.4 Å². The van der Waals surface area contributed by atoms with Gasteiger partial charge in [0, 0.05) is 12.2 Å². The monoisotopic (exact) mass is 315 g/mol. The van der Waals surface area contributed by atoms with E-state index in [4.69, 9.17) is 27.2 Å². The Bertz CT molecular complexity index is 550. The van der Waals surface area contributed by atoms with Gasteiger partial charge >= 0.3 is 12.0 Å². The van der Waals surface area contributed by atoms with Gasteiger partial charge in [-0.3, -0.25) is 4.79 Å². The first-order valence-electron chi connectivity index (χ1n) is 5.84. The Hall–Kier alpha value is -2.32. The van der Waals surface area contributed by atoms with Gasteiger partial charge in [0.1, 0.15) is 6.61 Å². The second-order valence-corrected chi connectivity index (χ2v) is 4.31. The molecular weight excluding hydrogens is 302 g/mol. The fraction of sp³-hybridized carbons (Fsp3) is 0.250. The zero-order chi connectivity index (χ0) is 15.8. The van der Waals surface area contributed by atoms with Gasteiger partial charge in [-0.05, 0) is 18.2 Å². The van der Waals surface area contributed by atoms with Crippen molar-refractivity contribution in [1.82, 2.24) is 5.32 Å². The van der Waals surface area contributed by atoms with Crippen LogP contribution in [0.2, 0.25) is 5.02 Å². The largest absolute Gasteiger partial charge is 0.478 e. The molecule has 0 spiro atoms. The number of ether oxygens (including phenoxy) is 1. The number of halogens is 1. The first-order valence-corrected chi connectivity index (χ1v) is 6.21. The van der Waals surface area contributed by atoms with Gasteiger partial charge in [-0.25, -0.2) is 9.59 Å². The van der Waals surface area contributed by atoms with Crippen LogP contribution < -0.4 is 16.4 Å². The summed E-state index contributed by atoms with van der Waals surface area (Å²) in [5.41, 5.74) is 5.04. The van der Waals surface area contributed by atoms with Crippen LogP contribution in [-0.2, 0) is 9.53 Å². The highest BCUT2D eigenvalue weighted by Crippen LogP contribution is 2.20. The van der Waals surface area contributed by atoms with Crippen LogP contribution >= 0.6 is 11.6 Å². The molecule has 0 aliphatic rings. The number of benzene rings is 1. The second-order valence-electron chi connectivity index (χ2n) is 3.90. The number of carboxylic acid groups (broad SMARTS) is 1. The molecule has 21 heavy (non-hydrogen) atoms. The molecule has 0 atom stereocenters. The van der Waals surface area contributed by atoms with Gasteiger partial charge in [-0.1, -0.05) is 11.6 Å². The van der Waals surface area contributed by atoms with Crippen LogP contribution in [0.5, 0.6) is 0 Å². The Labute approximate surface area is 125 Å². The molecule has 1 aromatic carbocycles. The van der Waals surface area contributed by atoms with Crippen LogP contribution in [0, 0.1) is 0 Å². The number of amides is 3. The third-order valence-corrected chi connectivity index (χ3v) is 2.56. The third-order valence-electron chi connectivity index (χ3n) is 2.23. The van der Waals surface area contributed by atoms with E-state index in [0.717, 1.165) is 0 Å². The molecule has 0 aromatic heterocycles. The van der Waals surface area contributed by atoms with Gasteiger partial charge in [0.2, 0.25) is 5.91 Å². The Kier molecular flexibility index (Phi) is 6.44. The Morgan fingerprint density at radius 3 is 2.67 bits per heavy atom. The first-order chi connectivity index (χ1) is 9.90. The topological polar surface area (TPSA) is 131 Å². The minimum Gasteiger partial charge on any atom is -0.478 e. The third kappa shape index (κ3) is 6.11. The zero-order valence-electron chi connectivity index (χ0n) is 10.9. The molecule has 0 unspecified atom stereocenters. The normalized spacial score (nSPS) is 9.95. The minimum atomic E-state index is -1.19. The molecular formula is C12H14ClN3O5. The molecule has 0 saturated carbocycles. The summed E-state index contributed by atoms with van der Waals surface area (Å²) in [6.45, 7) is 0.0678. The van der Waals surface area contributed by atoms with E-state index in [0.29, 0.717) is 0 Å². The van der Waals surface area contributed by atoms with Crippen LogP contribution in [0.3, 0.4) is 0 Å². The molecule has 114 valence electrons. The first kappa shape index (κ1) is 16.7. The number of nitrogens with two attached hydrogens (primary N) is 1. The standard InChI is InChI=1S/C12H14ClN3O5/c13-9-2-1-7(5-8(9)11(18)19)16-12(20)15-3-4-21-6-10(14)17/h1-2,5H,3-4,6H2,(H2,14,17)(H,18,19)(H2,15,16,20). The molecule has 0 heterocycles. The van der Waals surface area contributed by atoms with Crippen LogP contribution in [0.15, 0.2) is 18.2 Å². The van der Waals surface area contributed by atoms with Crippen molar-refractivity contribution >= 4 is 35.2 Å². The lowest BCUT2D eigenvalue weighted by atomic mass is 10.2. The lowest BCUT2D eigenvalue weighted by Crippen LogP contribution is -2.32. The number of aromatic carboxylic acids is 1. The lowest BCUT2D eigenvalue weighted by molar-refractivity contribution is -0.122. The van der Waals surface area contributed by atoms with Gasteiger partial charge < -0.3 is 26.2 Å². The maximum Gasteiger partial charge on any atom is 0.337 e. The number of hydrogen-bond acceptors (Lipinski definition) is 4. The summed E-state index contributed by atoms with van der Waals surface area (Å²) in [6, 6.07) is 3.54. The maximum absolute atomic E-state index is 11.5. The summed E-state index contributed by atoms with van der Waals surface area (Å²) in [5.74, 6) is -1.79. The Balaban J connectivity index is 2.43. The van der Waals surface area contributed by atoms with Crippen molar-refractivity contribution in [3.05, 3.63) is 28.8 Å². The number of nitrogens with one attached hydrogen (secondary N) is 2. The van der Waals surface area contributed by atoms with Gasteiger partial charge in [-0.2, -0.15) is 0 Å². The summed E-state index contributed by atoms with van der Waals surface area (Å²) in [7, 11) is 0. The molecule has 5 N–H and O–H groups in total. The fourth-order valence-corrected chi connectivity index (χ4v) is 1.55. The van der Waals surface area contributed by atoms with Gasteiger partial charge in [0.05, 0.1) is 17.2 Å². The molecule has 0 fully saturated rings. The Morgan fingerprint density at radius 1 is 1.33 bits per heavy atom.